The highest BCUT2D eigenvalue weighted by molar-refractivity contribution is 7.98. The molecule has 0 fully saturated rings. The molecule has 17 heavy (non-hydrogen) atoms. The van der Waals surface area contributed by atoms with E-state index in [2.05, 4.69) is 47.0 Å². The Labute approximate surface area is 106 Å². The predicted octanol–water partition coefficient (Wildman–Crippen LogP) is 2.45. The lowest BCUT2D eigenvalue weighted by atomic mass is 10.0. The summed E-state index contributed by atoms with van der Waals surface area (Å²) < 4.78 is 1.91. The van der Waals surface area contributed by atoms with Gasteiger partial charge in [-0.15, -0.1) is 11.8 Å². The van der Waals surface area contributed by atoms with Gasteiger partial charge in [-0.1, -0.05) is 18.2 Å². The second kappa shape index (κ2) is 5.38. The summed E-state index contributed by atoms with van der Waals surface area (Å²) in [5.74, 6) is 0. The van der Waals surface area contributed by atoms with Crippen LogP contribution in [0.1, 0.15) is 17.3 Å². The van der Waals surface area contributed by atoms with Crippen molar-refractivity contribution >= 4 is 11.8 Å². The molecule has 0 bridgehead atoms. The molecule has 1 aromatic carbocycles. The van der Waals surface area contributed by atoms with Gasteiger partial charge in [0.1, 0.15) is 0 Å². The lowest BCUT2D eigenvalue weighted by Crippen LogP contribution is -2.21. The molecule has 1 heterocycles. The van der Waals surface area contributed by atoms with Crippen molar-refractivity contribution in [2.24, 2.45) is 7.05 Å². The lowest BCUT2D eigenvalue weighted by Gasteiger charge is -2.19. The molecule has 2 aromatic rings. The van der Waals surface area contributed by atoms with E-state index in [-0.39, 0.29) is 6.04 Å². The molecule has 0 amide bonds. The molecule has 1 atom stereocenters. The van der Waals surface area contributed by atoms with Crippen molar-refractivity contribution in [2.75, 3.05) is 13.3 Å². The molecule has 0 saturated heterocycles. The molecule has 90 valence electrons. The smallest absolute Gasteiger partial charge is 0.0756 e. The zero-order valence-corrected chi connectivity index (χ0v) is 11.2. The van der Waals surface area contributed by atoms with Gasteiger partial charge in [0, 0.05) is 18.1 Å². The molecule has 1 N–H and O–H groups in total. The molecule has 0 aliphatic carbocycles. The maximum Gasteiger partial charge on any atom is 0.0756 e. The van der Waals surface area contributed by atoms with Crippen molar-refractivity contribution in [3.05, 3.63) is 47.8 Å². The van der Waals surface area contributed by atoms with Crippen LogP contribution >= 0.6 is 11.8 Å². The van der Waals surface area contributed by atoms with E-state index < -0.39 is 0 Å². The minimum Gasteiger partial charge on any atom is -0.308 e. The summed E-state index contributed by atoms with van der Waals surface area (Å²) in [7, 11) is 3.95. The van der Waals surface area contributed by atoms with Gasteiger partial charge in [0.25, 0.3) is 0 Å². The van der Waals surface area contributed by atoms with Crippen molar-refractivity contribution in [2.45, 2.75) is 10.9 Å². The van der Waals surface area contributed by atoms with E-state index in [4.69, 9.17) is 0 Å². The SMILES string of the molecule is CNC(c1ccccc1SC)c1ccnn1C. The Balaban J connectivity index is 2.46. The first-order valence-electron chi connectivity index (χ1n) is 5.56. The Kier molecular flexibility index (Phi) is 3.86. The number of hydrogen-bond donors (Lipinski definition) is 1. The fraction of sp³-hybridized carbons (Fsp3) is 0.308. The number of aromatic nitrogens is 2. The van der Waals surface area contributed by atoms with Gasteiger partial charge in [-0.3, -0.25) is 4.68 Å². The number of nitrogens with one attached hydrogen (secondary N) is 1. The Morgan fingerprint density at radius 3 is 2.65 bits per heavy atom. The first-order valence-corrected chi connectivity index (χ1v) is 6.78. The molecule has 4 heteroatoms. The highest BCUT2D eigenvalue weighted by atomic mass is 32.2. The molecule has 0 saturated carbocycles. The maximum absolute atomic E-state index is 4.24. The molecular weight excluding hydrogens is 230 g/mol. The second-order valence-electron chi connectivity index (χ2n) is 3.84. The van der Waals surface area contributed by atoms with E-state index in [9.17, 15) is 0 Å². The van der Waals surface area contributed by atoms with Crippen molar-refractivity contribution in [3.63, 3.8) is 0 Å². The van der Waals surface area contributed by atoms with Crippen LogP contribution in [-0.4, -0.2) is 23.1 Å². The van der Waals surface area contributed by atoms with Gasteiger partial charge in [-0.05, 0) is 31.0 Å². The van der Waals surface area contributed by atoms with Crippen LogP contribution in [0, 0.1) is 0 Å². The molecule has 0 spiro atoms. The van der Waals surface area contributed by atoms with E-state index >= 15 is 0 Å². The van der Waals surface area contributed by atoms with Crippen LogP contribution < -0.4 is 5.32 Å². The number of hydrogen-bond acceptors (Lipinski definition) is 3. The van der Waals surface area contributed by atoms with Crippen LogP contribution in [-0.2, 0) is 7.05 Å². The summed E-state index contributed by atoms with van der Waals surface area (Å²) in [4.78, 5) is 1.30. The summed E-state index contributed by atoms with van der Waals surface area (Å²) >= 11 is 1.77. The van der Waals surface area contributed by atoms with Gasteiger partial charge in [-0.25, -0.2) is 0 Å². The zero-order chi connectivity index (χ0) is 12.3. The third-order valence-corrected chi connectivity index (χ3v) is 3.70. The van der Waals surface area contributed by atoms with Gasteiger partial charge < -0.3 is 5.32 Å². The Morgan fingerprint density at radius 1 is 1.29 bits per heavy atom. The van der Waals surface area contributed by atoms with Gasteiger partial charge in [-0.2, -0.15) is 5.10 Å². The molecule has 2 rings (SSSR count). The maximum atomic E-state index is 4.24. The first-order chi connectivity index (χ1) is 8.27. The van der Waals surface area contributed by atoms with Crippen LogP contribution in [0.15, 0.2) is 41.4 Å². The van der Waals surface area contributed by atoms with Crippen LogP contribution in [0.3, 0.4) is 0 Å². The van der Waals surface area contributed by atoms with Crippen molar-refractivity contribution < 1.29 is 0 Å². The molecule has 1 unspecified atom stereocenters. The highest BCUT2D eigenvalue weighted by Gasteiger charge is 2.17. The van der Waals surface area contributed by atoms with E-state index in [0.29, 0.717) is 0 Å². The molecule has 0 aliphatic heterocycles. The van der Waals surface area contributed by atoms with Crippen LogP contribution in [0.4, 0.5) is 0 Å². The predicted molar refractivity (Wildman–Crippen MR) is 72.3 cm³/mol. The second-order valence-corrected chi connectivity index (χ2v) is 4.69. The summed E-state index contributed by atoms with van der Waals surface area (Å²) in [5.41, 5.74) is 2.47. The van der Waals surface area contributed by atoms with Crippen molar-refractivity contribution in [3.8, 4) is 0 Å². The normalized spacial score (nSPS) is 12.6. The van der Waals surface area contributed by atoms with Gasteiger partial charge >= 0.3 is 0 Å². The molecule has 1 aromatic heterocycles. The van der Waals surface area contributed by atoms with E-state index in [1.54, 1.807) is 11.8 Å². The third-order valence-electron chi connectivity index (χ3n) is 2.89. The van der Waals surface area contributed by atoms with E-state index in [1.165, 1.54) is 16.2 Å². The Bertz CT molecular complexity index is 493. The van der Waals surface area contributed by atoms with E-state index in [0.717, 1.165) is 0 Å². The van der Waals surface area contributed by atoms with Crippen molar-refractivity contribution in [1.82, 2.24) is 15.1 Å². The fourth-order valence-electron chi connectivity index (χ4n) is 2.03. The standard InChI is InChI=1S/C13H17N3S/c1-14-13(11-8-9-15-16(11)2)10-6-4-5-7-12(10)17-3/h4-9,13-14H,1-3H3. The van der Waals surface area contributed by atoms with Crippen molar-refractivity contribution in [1.29, 1.82) is 0 Å². The largest absolute Gasteiger partial charge is 0.308 e. The molecule has 0 radical (unpaired) electrons. The minimum atomic E-state index is 0.186. The first kappa shape index (κ1) is 12.2. The summed E-state index contributed by atoms with van der Waals surface area (Å²) in [6, 6.07) is 10.7. The Hall–Kier alpha value is -1.26. The number of thioether (sulfide) groups is 1. The lowest BCUT2D eigenvalue weighted by molar-refractivity contribution is 0.599. The molecular formula is C13H17N3S. The fourth-order valence-corrected chi connectivity index (χ4v) is 2.67. The summed E-state index contributed by atoms with van der Waals surface area (Å²) in [6.45, 7) is 0. The average molecular weight is 247 g/mol. The summed E-state index contributed by atoms with van der Waals surface area (Å²) in [5, 5.41) is 7.60. The third kappa shape index (κ3) is 2.37. The molecule has 0 aliphatic rings. The van der Waals surface area contributed by atoms with E-state index in [1.807, 2.05) is 25.0 Å². The van der Waals surface area contributed by atoms with Crippen LogP contribution in [0.5, 0.6) is 0 Å². The van der Waals surface area contributed by atoms with Gasteiger partial charge in [0.15, 0.2) is 0 Å². The van der Waals surface area contributed by atoms with Gasteiger partial charge in [0.2, 0.25) is 0 Å². The monoisotopic (exact) mass is 247 g/mol. The number of nitrogens with zero attached hydrogens (tertiary/aromatic N) is 2. The zero-order valence-electron chi connectivity index (χ0n) is 10.3. The Morgan fingerprint density at radius 2 is 2.06 bits per heavy atom. The van der Waals surface area contributed by atoms with Crippen LogP contribution in [0.2, 0.25) is 0 Å². The topological polar surface area (TPSA) is 29.9 Å². The highest BCUT2D eigenvalue weighted by Crippen LogP contribution is 2.29. The average Bonchev–Trinajstić information content (AvgIpc) is 2.78. The number of benzene rings is 1. The quantitative estimate of drug-likeness (QED) is 0.842. The van der Waals surface area contributed by atoms with Crippen LogP contribution in [0.25, 0.3) is 0 Å². The molecule has 3 nitrogen and oxygen atoms in total. The summed E-state index contributed by atoms with van der Waals surface area (Å²) in [6.07, 6.45) is 3.94. The van der Waals surface area contributed by atoms with Gasteiger partial charge in [0.05, 0.1) is 11.7 Å². The number of rotatable bonds is 4. The minimum absolute atomic E-state index is 0.186. The number of aryl methyl sites for hydroxylation is 1.